The summed E-state index contributed by atoms with van der Waals surface area (Å²) in [4.78, 5) is 0.493. The lowest BCUT2D eigenvalue weighted by Crippen LogP contribution is -2.20. The Labute approximate surface area is 96.4 Å². The Balaban J connectivity index is 2.53. The van der Waals surface area contributed by atoms with Crippen LogP contribution in [0, 0.1) is 0 Å². The first-order chi connectivity index (χ1) is 7.11. The molecule has 1 aromatic rings. The van der Waals surface area contributed by atoms with Gasteiger partial charge in [-0.05, 0) is 31.0 Å². The van der Waals surface area contributed by atoms with E-state index in [-0.39, 0.29) is 6.10 Å². The molecule has 0 radical (unpaired) electrons. The van der Waals surface area contributed by atoms with Gasteiger partial charge in [0.1, 0.15) is 11.9 Å². The maximum atomic E-state index is 5.66. The Kier molecular flexibility index (Phi) is 4.56. The van der Waals surface area contributed by atoms with E-state index >= 15 is 0 Å². The number of rotatable bonds is 5. The number of benzene rings is 1. The monoisotopic (exact) mass is 223 g/mol. The second kappa shape index (κ2) is 5.71. The normalized spacial score (nSPS) is 12.1. The summed E-state index contributed by atoms with van der Waals surface area (Å²) >= 11 is 4.83. The zero-order valence-electron chi connectivity index (χ0n) is 9.19. The SMILES string of the molecule is CCc1ccc(OC(C)CC(N)=S)cc1. The molecule has 3 heteroatoms. The van der Waals surface area contributed by atoms with E-state index in [4.69, 9.17) is 22.7 Å². The van der Waals surface area contributed by atoms with Gasteiger partial charge >= 0.3 is 0 Å². The average molecular weight is 223 g/mol. The summed E-state index contributed by atoms with van der Waals surface area (Å²) < 4.78 is 5.66. The van der Waals surface area contributed by atoms with Crippen LogP contribution in [0.4, 0.5) is 0 Å². The first-order valence-electron chi connectivity index (χ1n) is 5.15. The van der Waals surface area contributed by atoms with Gasteiger partial charge < -0.3 is 10.5 Å². The van der Waals surface area contributed by atoms with Crippen LogP contribution in [0.1, 0.15) is 25.8 Å². The molecule has 1 rings (SSSR count). The molecule has 0 bridgehead atoms. The molecule has 2 nitrogen and oxygen atoms in total. The molecule has 0 aliphatic heterocycles. The van der Waals surface area contributed by atoms with Crippen molar-refractivity contribution in [1.82, 2.24) is 0 Å². The van der Waals surface area contributed by atoms with Crippen molar-refractivity contribution in [3.63, 3.8) is 0 Å². The van der Waals surface area contributed by atoms with Crippen LogP contribution in [0.25, 0.3) is 0 Å². The molecular formula is C12H17NOS. The molecule has 1 unspecified atom stereocenters. The van der Waals surface area contributed by atoms with Gasteiger partial charge in [-0.1, -0.05) is 31.3 Å². The molecule has 0 saturated heterocycles. The summed E-state index contributed by atoms with van der Waals surface area (Å²) in [6, 6.07) is 8.11. The van der Waals surface area contributed by atoms with Gasteiger partial charge in [0.25, 0.3) is 0 Å². The molecule has 0 aromatic heterocycles. The van der Waals surface area contributed by atoms with E-state index in [0.717, 1.165) is 12.2 Å². The molecule has 0 aliphatic rings. The summed E-state index contributed by atoms with van der Waals surface area (Å²) in [7, 11) is 0. The van der Waals surface area contributed by atoms with Crippen molar-refractivity contribution in [1.29, 1.82) is 0 Å². The topological polar surface area (TPSA) is 35.2 Å². The van der Waals surface area contributed by atoms with Crippen molar-refractivity contribution in [2.45, 2.75) is 32.8 Å². The average Bonchev–Trinajstić information content (AvgIpc) is 2.17. The van der Waals surface area contributed by atoms with Crippen molar-refractivity contribution in [2.24, 2.45) is 5.73 Å². The van der Waals surface area contributed by atoms with Gasteiger partial charge in [0, 0.05) is 6.42 Å². The predicted octanol–water partition coefficient (Wildman–Crippen LogP) is 2.69. The molecule has 1 aromatic carbocycles. The van der Waals surface area contributed by atoms with E-state index in [1.807, 2.05) is 19.1 Å². The Bertz CT molecular complexity index is 321. The molecule has 0 spiro atoms. The molecule has 82 valence electrons. The minimum absolute atomic E-state index is 0.0370. The Hall–Kier alpha value is -1.09. The van der Waals surface area contributed by atoms with Gasteiger partial charge in [-0.2, -0.15) is 0 Å². The van der Waals surface area contributed by atoms with Crippen LogP contribution in [-0.2, 0) is 6.42 Å². The number of hydrogen-bond acceptors (Lipinski definition) is 2. The molecule has 0 aliphatic carbocycles. The number of hydrogen-bond donors (Lipinski definition) is 1. The summed E-state index contributed by atoms with van der Waals surface area (Å²) in [5, 5.41) is 0. The lowest BCUT2D eigenvalue weighted by atomic mass is 10.2. The third-order valence-corrected chi connectivity index (χ3v) is 2.32. The van der Waals surface area contributed by atoms with Crippen molar-refractivity contribution >= 4 is 17.2 Å². The molecule has 0 amide bonds. The van der Waals surface area contributed by atoms with E-state index in [2.05, 4.69) is 19.1 Å². The van der Waals surface area contributed by atoms with E-state index in [1.54, 1.807) is 0 Å². The Morgan fingerprint density at radius 1 is 1.40 bits per heavy atom. The van der Waals surface area contributed by atoms with Gasteiger partial charge in [-0.3, -0.25) is 0 Å². The number of thiocarbonyl (C=S) groups is 1. The maximum Gasteiger partial charge on any atom is 0.119 e. The van der Waals surface area contributed by atoms with Crippen LogP contribution in [0.3, 0.4) is 0 Å². The molecule has 0 saturated carbocycles. The highest BCUT2D eigenvalue weighted by Gasteiger charge is 2.05. The van der Waals surface area contributed by atoms with Crippen LogP contribution >= 0.6 is 12.2 Å². The van der Waals surface area contributed by atoms with Gasteiger partial charge in [0.2, 0.25) is 0 Å². The third kappa shape index (κ3) is 4.30. The molecule has 1 atom stereocenters. The van der Waals surface area contributed by atoms with Crippen LogP contribution in [0.2, 0.25) is 0 Å². The first kappa shape index (κ1) is 12.0. The Morgan fingerprint density at radius 2 is 2.00 bits per heavy atom. The van der Waals surface area contributed by atoms with Gasteiger partial charge in [0.05, 0.1) is 4.99 Å². The summed E-state index contributed by atoms with van der Waals surface area (Å²) in [6.45, 7) is 4.10. The van der Waals surface area contributed by atoms with Crippen molar-refractivity contribution < 1.29 is 4.74 Å². The zero-order chi connectivity index (χ0) is 11.3. The Morgan fingerprint density at radius 3 is 2.47 bits per heavy atom. The lowest BCUT2D eigenvalue weighted by Gasteiger charge is -2.13. The fraction of sp³-hybridized carbons (Fsp3) is 0.417. The van der Waals surface area contributed by atoms with Gasteiger partial charge in [0.15, 0.2) is 0 Å². The predicted molar refractivity (Wildman–Crippen MR) is 67.3 cm³/mol. The quantitative estimate of drug-likeness (QED) is 0.779. The zero-order valence-corrected chi connectivity index (χ0v) is 10.0. The maximum absolute atomic E-state index is 5.66. The minimum atomic E-state index is 0.0370. The van der Waals surface area contributed by atoms with E-state index in [0.29, 0.717) is 11.4 Å². The van der Waals surface area contributed by atoms with Crippen LogP contribution in [0.5, 0.6) is 5.75 Å². The van der Waals surface area contributed by atoms with E-state index in [9.17, 15) is 0 Å². The standard InChI is InChI=1S/C12H17NOS/c1-3-10-4-6-11(7-5-10)14-9(2)8-12(13)15/h4-7,9H,3,8H2,1-2H3,(H2,13,15). The highest BCUT2D eigenvalue weighted by Crippen LogP contribution is 2.15. The largest absolute Gasteiger partial charge is 0.490 e. The molecule has 2 N–H and O–H groups in total. The summed E-state index contributed by atoms with van der Waals surface area (Å²) in [5.74, 6) is 0.871. The molecule has 0 fully saturated rings. The third-order valence-electron chi connectivity index (χ3n) is 2.16. The smallest absolute Gasteiger partial charge is 0.119 e. The van der Waals surface area contributed by atoms with Crippen LogP contribution in [0.15, 0.2) is 24.3 Å². The highest BCUT2D eigenvalue weighted by molar-refractivity contribution is 7.80. The number of aryl methyl sites for hydroxylation is 1. The van der Waals surface area contributed by atoms with Crippen LogP contribution < -0.4 is 10.5 Å². The van der Waals surface area contributed by atoms with Gasteiger partial charge in [-0.15, -0.1) is 0 Å². The van der Waals surface area contributed by atoms with Crippen molar-refractivity contribution in [3.8, 4) is 5.75 Å². The summed E-state index contributed by atoms with van der Waals surface area (Å²) in [5.41, 5.74) is 6.75. The molecule has 0 heterocycles. The first-order valence-corrected chi connectivity index (χ1v) is 5.56. The fourth-order valence-electron chi connectivity index (χ4n) is 1.36. The van der Waals surface area contributed by atoms with Crippen molar-refractivity contribution in [2.75, 3.05) is 0 Å². The van der Waals surface area contributed by atoms with Crippen LogP contribution in [-0.4, -0.2) is 11.1 Å². The lowest BCUT2D eigenvalue weighted by molar-refractivity contribution is 0.230. The number of ether oxygens (including phenoxy) is 1. The minimum Gasteiger partial charge on any atom is -0.490 e. The fourth-order valence-corrected chi connectivity index (χ4v) is 1.60. The molecular weight excluding hydrogens is 206 g/mol. The number of nitrogens with two attached hydrogens (primary N) is 1. The van der Waals surface area contributed by atoms with E-state index in [1.165, 1.54) is 5.56 Å². The van der Waals surface area contributed by atoms with Crippen molar-refractivity contribution in [3.05, 3.63) is 29.8 Å². The van der Waals surface area contributed by atoms with Gasteiger partial charge in [-0.25, -0.2) is 0 Å². The highest BCUT2D eigenvalue weighted by atomic mass is 32.1. The second-order valence-electron chi connectivity index (χ2n) is 3.60. The van der Waals surface area contributed by atoms with E-state index < -0.39 is 0 Å². The molecule has 15 heavy (non-hydrogen) atoms. The second-order valence-corrected chi connectivity index (χ2v) is 4.12. The summed E-state index contributed by atoms with van der Waals surface area (Å²) in [6.07, 6.45) is 1.70.